The van der Waals surface area contributed by atoms with Gasteiger partial charge < -0.3 is 16.0 Å². The molecule has 0 saturated carbocycles. The highest BCUT2D eigenvalue weighted by Crippen LogP contribution is 1.72. The van der Waals surface area contributed by atoms with Crippen LogP contribution in [0.3, 0.4) is 0 Å². The minimum Gasteiger partial charge on any atom is -0.388 e. The second kappa shape index (κ2) is 7.06. The van der Waals surface area contributed by atoms with E-state index in [1.807, 2.05) is 0 Å². The van der Waals surface area contributed by atoms with Crippen LogP contribution in [-0.2, 0) is 0 Å². The lowest BCUT2D eigenvalue weighted by Crippen LogP contribution is -2.28. The summed E-state index contributed by atoms with van der Waals surface area (Å²) in [5, 5.41) is 3.27. The fourth-order valence-corrected chi connectivity index (χ4v) is 0.739. The van der Waals surface area contributed by atoms with Gasteiger partial charge in [0, 0.05) is 19.6 Å². The Morgan fingerprint density at radius 1 is 1.42 bits per heavy atom. The molecule has 0 radical (unpaired) electrons. The minimum absolute atomic E-state index is 0.657. The molecule has 0 aliphatic rings. The van der Waals surface area contributed by atoms with Gasteiger partial charge in [0.1, 0.15) is 0 Å². The van der Waals surface area contributed by atoms with E-state index >= 15 is 0 Å². The zero-order valence-electron chi connectivity index (χ0n) is 8.30. The molecule has 0 atom stereocenters. The maximum atomic E-state index is 5.37. The number of nitrogens with one attached hydrogen (secondary N) is 1. The lowest BCUT2D eigenvalue weighted by molar-refractivity contribution is 0.401. The van der Waals surface area contributed by atoms with E-state index in [4.69, 9.17) is 5.73 Å². The third kappa shape index (κ3) is 9.39. The third-order valence-corrected chi connectivity index (χ3v) is 1.39. The smallest absolute Gasteiger partial charge is 0.0906 e. The molecule has 72 valence electrons. The zero-order chi connectivity index (χ0) is 9.40. The minimum atomic E-state index is 0.657. The Labute approximate surface area is 74.8 Å². The highest BCUT2D eigenvalue weighted by Gasteiger charge is 1.88. The van der Waals surface area contributed by atoms with Crippen molar-refractivity contribution in [1.29, 1.82) is 0 Å². The van der Waals surface area contributed by atoms with E-state index in [2.05, 4.69) is 29.3 Å². The Balaban J connectivity index is 3.06. The SMILES string of the molecule is CC(N)=NCCNCCN(C)C. The molecule has 0 rings (SSSR count). The number of nitrogens with two attached hydrogens (primary N) is 1. The summed E-state index contributed by atoms with van der Waals surface area (Å²) in [5.41, 5.74) is 5.37. The Kier molecular flexibility index (Phi) is 6.70. The molecular formula is C8H20N4. The van der Waals surface area contributed by atoms with E-state index < -0.39 is 0 Å². The first-order valence-corrected chi connectivity index (χ1v) is 4.25. The molecule has 0 amide bonds. The van der Waals surface area contributed by atoms with E-state index in [0.29, 0.717) is 5.84 Å². The van der Waals surface area contributed by atoms with Gasteiger partial charge in [0.05, 0.1) is 12.4 Å². The first kappa shape index (κ1) is 11.4. The van der Waals surface area contributed by atoms with E-state index in [1.165, 1.54) is 0 Å². The van der Waals surface area contributed by atoms with Crippen molar-refractivity contribution in [3.05, 3.63) is 0 Å². The molecule has 0 aliphatic carbocycles. The molecule has 0 unspecified atom stereocenters. The van der Waals surface area contributed by atoms with Crippen LogP contribution in [0, 0.1) is 0 Å². The van der Waals surface area contributed by atoms with Crippen LogP contribution in [-0.4, -0.2) is 51.0 Å². The number of hydrogen-bond acceptors (Lipinski definition) is 3. The number of rotatable bonds is 6. The molecule has 4 heteroatoms. The first-order chi connectivity index (χ1) is 5.63. The Morgan fingerprint density at radius 2 is 2.08 bits per heavy atom. The maximum absolute atomic E-state index is 5.37. The molecule has 0 aromatic rings. The van der Waals surface area contributed by atoms with Crippen LogP contribution in [0.5, 0.6) is 0 Å². The summed E-state index contributed by atoms with van der Waals surface area (Å²) in [7, 11) is 4.12. The van der Waals surface area contributed by atoms with Crippen LogP contribution in [0.2, 0.25) is 0 Å². The predicted molar refractivity (Wildman–Crippen MR) is 53.6 cm³/mol. The van der Waals surface area contributed by atoms with Crippen molar-refractivity contribution in [2.75, 3.05) is 40.3 Å². The molecule has 0 fully saturated rings. The fourth-order valence-electron chi connectivity index (χ4n) is 0.739. The van der Waals surface area contributed by atoms with Crippen LogP contribution in [0.15, 0.2) is 4.99 Å². The van der Waals surface area contributed by atoms with Crippen LogP contribution in [0.4, 0.5) is 0 Å². The second-order valence-corrected chi connectivity index (χ2v) is 3.08. The number of nitrogens with zero attached hydrogens (tertiary/aromatic N) is 2. The predicted octanol–water partition coefficient (Wildman–Crippen LogP) is -0.485. The van der Waals surface area contributed by atoms with Gasteiger partial charge in [-0.2, -0.15) is 0 Å². The van der Waals surface area contributed by atoms with Crippen molar-refractivity contribution in [1.82, 2.24) is 10.2 Å². The van der Waals surface area contributed by atoms with Gasteiger partial charge in [-0.05, 0) is 21.0 Å². The number of likely N-dealkylation sites (N-methyl/N-ethyl adjacent to an activating group) is 1. The summed E-state index contributed by atoms with van der Waals surface area (Å²) in [6.07, 6.45) is 0. The summed E-state index contributed by atoms with van der Waals surface area (Å²) in [6.45, 7) is 5.55. The van der Waals surface area contributed by atoms with Crippen molar-refractivity contribution >= 4 is 5.84 Å². The average Bonchev–Trinajstić information content (AvgIpc) is 1.95. The second-order valence-electron chi connectivity index (χ2n) is 3.08. The monoisotopic (exact) mass is 172 g/mol. The normalized spacial score (nSPS) is 12.5. The van der Waals surface area contributed by atoms with Gasteiger partial charge in [-0.3, -0.25) is 4.99 Å². The van der Waals surface area contributed by atoms with Crippen molar-refractivity contribution in [3.63, 3.8) is 0 Å². The summed E-state index contributed by atoms with van der Waals surface area (Å²) < 4.78 is 0. The largest absolute Gasteiger partial charge is 0.388 e. The van der Waals surface area contributed by atoms with Crippen LogP contribution in [0.1, 0.15) is 6.92 Å². The molecule has 4 nitrogen and oxygen atoms in total. The molecule has 0 aromatic heterocycles. The zero-order valence-corrected chi connectivity index (χ0v) is 8.30. The number of aliphatic imine (C=N–C) groups is 1. The lowest BCUT2D eigenvalue weighted by Gasteiger charge is -2.09. The summed E-state index contributed by atoms with van der Waals surface area (Å²) in [4.78, 5) is 6.20. The van der Waals surface area contributed by atoms with Gasteiger partial charge in [0.2, 0.25) is 0 Å². The molecule has 0 saturated heterocycles. The van der Waals surface area contributed by atoms with Gasteiger partial charge in [-0.1, -0.05) is 0 Å². The highest BCUT2D eigenvalue weighted by atomic mass is 15.1. The summed E-state index contributed by atoms with van der Waals surface area (Å²) in [5.74, 6) is 0.657. The van der Waals surface area contributed by atoms with Crippen molar-refractivity contribution in [2.45, 2.75) is 6.92 Å². The third-order valence-electron chi connectivity index (χ3n) is 1.39. The van der Waals surface area contributed by atoms with Gasteiger partial charge in [0.25, 0.3) is 0 Å². The highest BCUT2D eigenvalue weighted by molar-refractivity contribution is 5.77. The van der Waals surface area contributed by atoms with Gasteiger partial charge in [-0.15, -0.1) is 0 Å². The maximum Gasteiger partial charge on any atom is 0.0906 e. The van der Waals surface area contributed by atoms with Gasteiger partial charge in [-0.25, -0.2) is 0 Å². The molecule has 3 N–H and O–H groups in total. The molecule has 0 bridgehead atoms. The molecule has 0 aliphatic heterocycles. The standard InChI is InChI=1S/C8H20N4/c1-8(9)11-5-4-10-6-7-12(2)3/h10H,4-7H2,1-3H3,(H2,9,11). The average molecular weight is 172 g/mol. The van der Waals surface area contributed by atoms with Gasteiger partial charge in [0.15, 0.2) is 0 Å². The molecular weight excluding hydrogens is 152 g/mol. The fraction of sp³-hybridized carbons (Fsp3) is 0.875. The number of amidine groups is 1. The van der Waals surface area contributed by atoms with Crippen LogP contribution < -0.4 is 11.1 Å². The van der Waals surface area contributed by atoms with E-state index in [0.717, 1.165) is 26.2 Å². The van der Waals surface area contributed by atoms with Crippen molar-refractivity contribution in [3.8, 4) is 0 Å². The van der Waals surface area contributed by atoms with E-state index in [-0.39, 0.29) is 0 Å². The van der Waals surface area contributed by atoms with E-state index in [9.17, 15) is 0 Å². The Bertz CT molecular complexity index is 127. The first-order valence-electron chi connectivity index (χ1n) is 4.25. The van der Waals surface area contributed by atoms with Gasteiger partial charge >= 0.3 is 0 Å². The topological polar surface area (TPSA) is 53.6 Å². The quantitative estimate of drug-likeness (QED) is 0.323. The summed E-state index contributed by atoms with van der Waals surface area (Å²) in [6, 6.07) is 0. The molecule has 0 spiro atoms. The molecule has 0 aromatic carbocycles. The molecule has 12 heavy (non-hydrogen) atoms. The van der Waals surface area contributed by atoms with Crippen molar-refractivity contribution < 1.29 is 0 Å². The van der Waals surface area contributed by atoms with Crippen LogP contribution >= 0.6 is 0 Å². The number of hydrogen-bond donors (Lipinski definition) is 2. The Morgan fingerprint density at radius 3 is 2.58 bits per heavy atom. The van der Waals surface area contributed by atoms with Crippen LogP contribution in [0.25, 0.3) is 0 Å². The van der Waals surface area contributed by atoms with Crippen molar-refractivity contribution in [2.24, 2.45) is 10.7 Å². The molecule has 0 heterocycles. The lowest BCUT2D eigenvalue weighted by atomic mass is 10.5. The Hall–Kier alpha value is -0.610. The van der Waals surface area contributed by atoms with E-state index in [1.54, 1.807) is 6.92 Å². The summed E-state index contributed by atoms with van der Waals surface area (Å²) >= 11 is 0.